The monoisotopic (exact) mass is 328 g/mol. The van der Waals surface area contributed by atoms with E-state index in [9.17, 15) is 4.21 Å². The van der Waals surface area contributed by atoms with Gasteiger partial charge in [0.1, 0.15) is 11.5 Å². The maximum atomic E-state index is 12.1. The lowest BCUT2D eigenvalue weighted by molar-refractivity contribution is 0.481. The highest BCUT2D eigenvalue weighted by Crippen LogP contribution is 2.29. The molecule has 0 aromatic heterocycles. The molecule has 2 nitrogen and oxygen atoms in total. The summed E-state index contributed by atoms with van der Waals surface area (Å²) in [6.07, 6.45) is 0.836. The van der Waals surface area contributed by atoms with Crippen molar-refractivity contribution < 1.29 is 8.95 Å². The van der Waals surface area contributed by atoms with Gasteiger partial charge in [0.25, 0.3) is 0 Å². The van der Waals surface area contributed by atoms with E-state index in [1.807, 2.05) is 19.1 Å². The number of benzene rings is 2. The first-order valence-corrected chi connectivity index (χ1v) is 8.29. The summed E-state index contributed by atoms with van der Waals surface area (Å²) in [6.45, 7) is 1.98. The molecular formula is C15H14Cl2O2S. The molecule has 20 heavy (non-hydrogen) atoms. The number of rotatable bonds is 5. The van der Waals surface area contributed by atoms with E-state index in [0.29, 0.717) is 32.2 Å². The SMILES string of the molecule is CCCS(=O)c1cc(Oc2cccc(Cl)c2)ccc1Cl. The molecule has 0 radical (unpaired) electrons. The normalized spacial score (nSPS) is 12.2. The van der Waals surface area contributed by atoms with Crippen molar-refractivity contribution in [1.82, 2.24) is 0 Å². The Morgan fingerprint density at radius 1 is 1.10 bits per heavy atom. The van der Waals surface area contributed by atoms with Crippen molar-refractivity contribution in [2.24, 2.45) is 0 Å². The zero-order valence-electron chi connectivity index (χ0n) is 10.9. The zero-order valence-corrected chi connectivity index (χ0v) is 13.3. The van der Waals surface area contributed by atoms with Crippen LogP contribution in [0, 0.1) is 0 Å². The highest BCUT2D eigenvalue weighted by molar-refractivity contribution is 7.85. The Labute approximate surface area is 131 Å². The first-order chi connectivity index (χ1) is 9.60. The lowest BCUT2D eigenvalue weighted by atomic mass is 10.3. The highest BCUT2D eigenvalue weighted by Gasteiger charge is 2.10. The Bertz CT molecular complexity index is 629. The van der Waals surface area contributed by atoms with Crippen molar-refractivity contribution in [2.45, 2.75) is 18.2 Å². The van der Waals surface area contributed by atoms with Gasteiger partial charge in [0.2, 0.25) is 0 Å². The summed E-state index contributed by atoms with van der Waals surface area (Å²) in [4.78, 5) is 0.605. The topological polar surface area (TPSA) is 26.3 Å². The molecule has 0 saturated heterocycles. The molecule has 0 bridgehead atoms. The van der Waals surface area contributed by atoms with Gasteiger partial charge in [0, 0.05) is 10.8 Å². The van der Waals surface area contributed by atoms with Crippen LogP contribution in [0.4, 0.5) is 0 Å². The number of hydrogen-bond donors (Lipinski definition) is 0. The summed E-state index contributed by atoms with van der Waals surface area (Å²) >= 11 is 12.0. The van der Waals surface area contributed by atoms with E-state index in [1.54, 1.807) is 30.3 Å². The van der Waals surface area contributed by atoms with Gasteiger partial charge in [-0.3, -0.25) is 4.21 Å². The molecular weight excluding hydrogens is 315 g/mol. The summed E-state index contributed by atoms with van der Waals surface area (Å²) in [7, 11) is -1.11. The molecule has 2 rings (SSSR count). The summed E-state index contributed by atoms with van der Waals surface area (Å²) in [5, 5.41) is 1.10. The molecule has 2 aromatic carbocycles. The van der Waals surface area contributed by atoms with Crippen LogP contribution in [-0.4, -0.2) is 9.96 Å². The van der Waals surface area contributed by atoms with Crippen molar-refractivity contribution in [2.75, 3.05) is 5.75 Å². The molecule has 0 N–H and O–H groups in total. The fourth-order valence-corrected chi connectivity index (χ4v) is 3.36. The first kappa shape index (κ1) is 15.4. The lowest BCUT2D eigenvalue weighted by Gasteiger charge is -2.09. The van der Waals surface area contributed by atoms with Crippen LogP contribution in [-0.2, 0) is 10.8 Å². The van der Waals surface area contributed by atoms with Crippen molar-refractivity contribution >= 4 is 34.0 Å². The first-order valence-electron chi connectivity index (χ1n) is 6.21. The van der Waals surface area contributed by atoms with Crippen molar-refractivity contribution in [3.8, 4) is 11.5 Å². The van der Waals surface area contributed by atoms with Gasteiger partial charge in [-0.05, 0) is 42.8 Å². The summed E-state index contributed by atoms with van der Waals surface area (Å²) in [5.74, 6) is 1.81. The average molecular weight is 329 g/mol. The fraction of sp³-hybridized carbons (Fsp3) is 0.200. The number of ether oxygens (including phenoxy) is 1. The molecule has 0 aliphatic rings. The largest absolute Gasteiger partial charge is 0.457 e. The van der Waals surface area contributed by atoms with E-state index in [2.05, 4.69) is 0 Å². The molecule has 0 saturated carbocycles. The second-order valence-electron chi connectivity index (χ2n) is 4.20. The minimum absolute atomic E-state index is 0.496. The van der Waals surface area contributed by atoms with E-state index < -0.39 is 10.8 Å². The third kappa shape index (κ3) is 3.98. The number of hydrogen-bond acceptors (Lipinski definition) is 2. The van der Waals surface area contributed by atoms with Crippen LogP contribution in [0.3, 0.4) is 0 Å². The second kappa shape index (κ2) is 7.11. The summed E-state index contributed by atoms with van der Waals surface area (Å²) in [5.41, 5.74) is 0. The van der Waals surface area contributed by atoms with Gasteiger partial charge in [-0.25, -0.2) is 0 Å². The van der Waals surface area contributed by atoms with Crippen LogP contribution in [0.15, 0.2) is 47.4 Å². The Hall–Kier alpha value is -1.03. The molecule has 1 atom stereocenters. The Morgan fingerprint density at radius 3 is 2.55 bits per heavy atom. The van der Waals surface area contributed by atoms with E-state index in [1.165, 1.54) is 0 Å². The van der Waals surface area contributed by atoms with Gasteiger partial charge in [0.15, 0.2) is 0 Å². The molecule has 2 aromatic rings. The molecule has 0 amide bonds. The average Bonchev–Trinajstić information content (AvgIpc) is 2.41. The summed E-state index contributed by atoms with van der Waals surface area (Å²) in [6, 6.07) is 12.3. The van der Waals surface area contributed by atoms with Crippen LogP contribution in [0.5, 0.6) is 11.5 Å². The van der Waals surface area contributed by atoms with Crippen molar-refractivity contribution in [3.63, 3.8) is 0 Å². The van der Waals surface area contributed by atoms with Crippen LogP contribution in [0.25, 0.3) is 0 Å². The van der Waals surface area contributed by atoms with Crippen LogP contribution in [0.1, 0.15) is 13.3 Å². The van der Waals surface area contributed by atoms with E-state index in [4.69, 9.17) is 27.9 Å². The minimum atomic E-state index is -1.11. The molecule has 106 valence electrons. The molecule has 0 fully saturated rings. The fourth-order valence-electron chi connectivity index (χ4n) is 1.68. The van der Waals surface area contributed by atoms with Gasteiger partial charge in [-0.15, -0.1) is 0 Å². The van der Waals surface area contributed by atoms with E-state index in [-0.39, 0.29) is 0 Å². The standard InChI is InChI=1S/C15H14Cl2O2S/c1-2-8-20(18)15-10-13(6-7-14(15)17)19-12-5-3-4-11(16)9-12/h3-7,9-10H,2,8H2,1H3. The third-order valence-corrected chi connectivity index (χ3v) is 4.85. The molecule has 0 aliphatic carbocycles. The lowest BCUT2D eigenvalue weighted by Crippen LogP contribution is -1.98. The molecule has 0 heterocycles. The highest BCUT2D eigenvalue weighted by atomic mass is 35.5. The molecule has 5 heteroatoms. The van der Waals surface area contributed by atoms with Gasteiger partial charge >= 0.3 is 0 Å². The second-order valence-corrected chi connectivity index (χ2v) is 6.58. The minimum Gasteiger partial charge on any atom is -0.457 e. The Kier molecular flexibility index (Phi) is 5.46. The van der Waals surface area contributed by atoms with Crippen molar-refractivity contribution in [3.05, 3.63) is 52.5 Å². The van der Waals surface area contributed by atoms with E-state index in [0.717, 1.165) is 6.42 Å². The predicted molar refractivity (Wildman–Crippen MR) is 84.5 cm³/mol. The van der Waals surface area contributed by atoms with Gasteiger partial charge in [-0.1, -0.05) is 36.2 Å². The quantitative estimate of drug-likeness (QED) is 0.744. The van der Waals surface area contributed by atoms with E-state index >= 15 is 0 Å². The van der Waals surface area contributed by atoms with Gasteiger partial charge < -0.3 is 4.74 Å². The predicted octanol–water partition coefficient (Wildman–Crippen LogP) is 5.30. The summed E-state index contributed by atoms with van der Waals surface area (Å²) < 4.78 is 17.8. The maximum Gasteiger partial charge on any atom is 0.128 e. The van der Waals surface area contributed by atoms with Crippen LogP contribution in [0.2, 0.25) is 10.0 Å². The molecule has 0 spiro atoms. The van der Waals surface area contributed by atoms with Gasteiger partial charge in [0.05, 0.1) is 20.7 Å². The molecule has 0 aliphatic heterocycles. The zero-order chi connectivity index (χ0) is 14.5. The maximum absolute atomic E-state index is 12.1. The molecule has 1 unspecified atom stereocenters. The third-order valence-electron chi connectivity index (χ3n) is 2.57. The Balaban J connectivity index is 2.25. The van der Waals surface area contributed by atoms with Crippen LogP contribution >= 0.6 is 23.2 Å². The Morgan fingerprint density at radius 2 is 1.85 bits per heavy atom. The smallest absolute Gasteiger partial charge is 0.128 e. The van der Waals surface area contributed by atoms with Gasteiger partial charge in [-0.2, -0.15) is 0 Å². The van der Waals surface area contributed by atoms with Crippen LogP contribution < -0.4 is 4.74 Å². The van der Waals surface area contributed by atoms with Crippen molar-refractivity contribution in [1.29, 1.82) is 0 Å². The number of halogens is 2.